The van der Waals surface area contributed by atoms with Crippen LogP contribution in [0.25, 0.3) is 6.08 Å². The molecule has 0 atom stereocenters. The van der Waals surface area contributed by atoms with Gasteiger partial charge in [0.1, 0.15) is 0 Å². The van der Waals surface area contributed by atoms with Crippen LogP contribution >= 0.6 is 35.0 Å². The molecule has 0 aromatic heterocycles. The number of thioether (sulfide) groups is 1. The number of halogens is 2. The summed E-state index contributed by atoms with van der Waals surface area (Å²) in [6, 6.07) is 12.8. The van der Waals surface area contributed by atoms with E-state index in [1.54, 1.807) is 24.3 Å². The number of nitrogens with zero attached hydrogens (tertiary/aromatic N) is 1. The lowest BCUT2D eigenvalue weighted by Crippen LogP contribution is -2.27. The highest BCUT2D eigenvalue weighted by atomic mass is 35.5. The fourth-order valence-electron chi connectivity index (χ4n) is 2.27. The van der Waals surface area contributed by atoms with Crippen LogP contribution in [0.2, 0.25) is 10.0 Å². The van der Waals surface area contributed by atoms with Gasteiger partial charge < -0.3 is 0 Å². The van der Waals surface area contributed by atoms with Gasteiger partial charge in [-0.1, -0.05) is 59.1 Å². The van der Waals surface area contributed by atoms with Crippen LogP contribution in [0.15, 0.2) is 47.4 Å². The van der Waals surface area contributed by atoms with Gasteiger partial charge in [-0.05, 0) is 48.0 Å². The van der Waals surface area contributed by atoms with E-state index in [4.69, 9.17) is 23.2 Å². The quantitative estimate of drug-likeness (QED) is 0.659. The molecule has 2 aromatic carbocycles. The maximum absolute atomic E-state index is 12.5. The number of carbonyl (C=O) groups is 2. The monoisotopic (exact) mass is 377 g/mol. The number of aryl methyl sites for hydroxylation is 1. The molecule has 0 radical (unpaired) electrons. The minimum absolute atomic E-state index is 0.173. The fraction of sp³-hybridized carbons (Fsp3) is 0.111. The molecule has 1 saturated heterocycles. The molecule has 3 nitrogen and oxygen atoms in total. The molecule has 0 unspecified atom stereocenters. The molecule has 1 aliphatic rings. The second-order valence-corrected chi connectivity index (χ2v) is 7.23. The average Bonchev–Trinajstić information content (AvgIpc) is 2.81. The second-order valence-electron chi connectivity index (χ2n) is 5.43. The van der Waals surface area contributed by atoms with Crippen molar-refractivity contribution in [3.8, 4) is 0 Å². The van der Waals surface area contributed by atoms with E-state index >= 15 is 0 Å². The number of hydrogen-bond acceptors (Lipinski definition) is 3. The maximum atomic E-state index is 12.5. The number of rotatable bonds is 3. The van der Waals surface area contributed by atoms with E-state index in [2.05, 4.69) is 0 Å². The summed E-state index contributed by atoms with van der Waals surface area (Å²) in [5.74, 6) is -0.295. The highest BCUT2D eigenvalue weighted by Crippen LogP contribution is 2.34. The van der Waals surface area contributed by atoms with Crippen LogP contribution in [0.5, 0.6) is 0 Å². The third-order valence-electron chi connectivity index (χ3n) is 3.57. The molecule has 1 aliphatic heterocycles. The van der Waals surface area contributed by atoms with Crippen molar-refractivity contribution in [2.45, 2.75) is 13.5 Å². The van der Waals surface area contributed by atoms with Gasteiger partial charge in [0.15, 0.2) is 0 Å². The molecule has 2 amide bonds. The highest BCUT2D eigenvalue weighted by Gasteiger charge is 2.35. The molecule has 2 aromatic rings. The molecular formula is C18H13Cl2NO2S. The zero-order valence-electron chi connectivity index (χ0n) is 12.8. The normalized spacial score (nSPS) is 16.3. The summed E-state index contributed by atoms with van der Waals surface area (Å²) in [6.45, 7) is 2.17. The van der Waals surface area contributed by atoms with Crippen LogP contribution in [0.4, 0.5) is 4.79 Å². The Bertz CT molecular complexity index is 847. The van der Waals surface area contributed by atoms with E-state index in [1.807, 2.05) is 31.2 Å². The number of carbonyl (C=O) groups excluding carboxylic acids is 2. The first-order valence-electron chi connectivity index (χ1n) is 7.20. The van der Waals surface area contributed by atoms with Crippen molar-refractivity contribution in [1.82, 2.24) is 4.90 Å². The van der Waals surface area contributed by atoms with E-state index in [1.165, 1.54) is 4.90 Å². The third kappa shape index (κ3) is 3.66. The lowest BCUT2D eigenvalue weighted by Gasteiger charge is -2.12. The Morgan fingerprint density at radius 3 is 2.42 bits per heavy atom. The van der Waals surface area contributed by atoms with Crippen molar-refractivity contribution < 1.29 is 9.59 Å². The Labute approximate surface area is 154 Å². The van der Waals surface area contributed by atoms with Crippen molar-refractivity contribution in [1.29, 1.82) is 0 Å². The van der Waals surface area contributed by atoms with Crippen molar-refractivity contribution in [3.05, 3.63) is 74.1 Å². The van der Waals surface area contributed by atoms with Crippen LogP contribution in [0, 0.1) is 6.92 Å². The van der Waals surface area contributed by atoms with Crippen LogP contribution in [-0.2, 0) is 11.3 Å². The van der Waals surface area contributed by atoms with Gasteiger partial charge in [0.2, 0.25) is 0 Å². The van der Waals surface area contributed by atoms with Crippen LogP contribution in [0.1, 0.15) is 16.7 Å². The first kappa shape index (κ1) is 17.1. The van der Waals surface area contributed by atoms with Gasteiger partial charge in [-0.2, -0.15) is 0 Å². The Balaban J connectivity index is 1.81. The predicted octanol–water partition coefficient (Wildman–Crippen LogP) is 5.54. The number of amides is 2. The summed E-state index contributed by atoms with van der Waals surface area (Å²) < 4.78 is 0. The van der Waals surface area contributed by atoms with Gasteiger partial charge in [-0.25, -0.2) is 0 Å². The number of hydrogen-bond donors (Lipinski definition) is 0. The third-order valence-corrected chi connectivity index (χ3v) is 5.22. The maximum Gasteiger partial charge on any atom is 0.293 e. The van der Waals surface area contributed by atoms with Gasteiger partial charge in [-0.3, -0.25) is 14.5 Å². The van der Waals surface area contributed by atoms with Gasteiger partial charge in [0, 0.05) is 0 Å². The molecular weight excluding hydrogens is 365 g/mol. The number of benzene rings is 2. The largest absolute Gasteiger partial charge is 0.293 e. The average molecular weight is 378 g/mol. The molecule has 3 rings (SSSR count). The van der Waals surface area contributed by atoms with E-state index in [-0.39, 0.29) is 17.7 Å². The number of imide groups is 1. The lowest BCUT2D eigenvalue weighted by atomic mass is 10.1. The topological polar surface area (TPSA) is 37.4 Å². The molecule has 6 heteroatoms. The molecule has 1 fully saturated rings. The van der Waals surface area contributed by atoms with Crippen LogP contribution in [0.3, 0.4) is 0 Å². The highest BCUT2D eigenvalue weighted by molar-refractivity contribution is 8.18. The molecule has 0 bridgehead atoms. The van der Waals surface area contributed by atoms with Crippen molar-refractivity contribution in [3.63, 3.8) is 0 Å². The Morgan fingerprint density at radius 2 is 1.75 bits per heavy atom. The molecule has 1 heterocycles. The van der Waals surface area contributed by atoms with E-state index in [9.17, 15) is 9.59 Å². The Hall–Kier alpha value is -1.75. The molecule has 0 spiro atoms. The zero-order chi connectivity index (χ0) is 17.3. The SMILES string of the molecule is Cc1ccc(/C=C2\SC(=O)N(Cc3ccc(Cl)c(Cl)c3)C2=O)cc1. The second kappa shape index (κ2) is 7.01. The summed E-state index contributed by atoms with van der Waals surface area (Å²) in [4.78, 5) is 26.3. The smallest absolute Gasteiger partial charge is 0.268 e. The minimum atomic E-state index is -0.295. The summed E-state index contributed by atoms with van der Waals surface area (Å²) in [7, 11) is 0. The van der Waals surface area contributed by atoms with Crippen molar-refractivity contribution in [2.24, 2.45) is 0 Å². The molecule has 0 aliphatic carbocycles. The predicted molar refractivity (Wildman–Crippen MR) is 99.2 cm³/mol. The van der Waals surface area contributed by atoms with Crippen LogP contribution < -0.4 is 0 Å². The molecule has 0 saturated carbocycles. The Morgan fingerprint density at radius 1 is 1.04 bits per heavy atom. The van der Waals surface area contributed by atoms with Gasteiger partial charge in [0.05, 0.1) is 21.5 Å². The van der Waals surface area contributed by atoms with E-state index < -0.39 is 0 Å². The van der Waals surface area contributed by atoms with E-state index in [0.717, 1.165) is 28.5 Å². The lowest BCUT2D eigenvalue weighted by molar-refractivity contribution is -0.123. The fourth-order valence-corrected chi connectivity index (χ4v) is 3.43. The first-order chi connectivity index (χ1) is 11.4. The Kier molecular flexibility index (Phi) is 4.99. The summed E-state index contributed by atoms with van der Waals surface area (Å²) in [5.41, 5.74) is 2.78. The summed E-state index contributed by atoms with van der Waals surface area (Å²) in [6.07, 6.45) is 1.74. The zero-order valence-corrected chi connectivity index (χ0v) is 15.1. The van der Waals surface area contributed by atoms with Crippen LogP contribution in [-0.4, -0.2) is 16.0 Å². The van der Waals surface area contributed by atoms with Crippen molar-refractivity contribution >= 4 is 52.2 Å². The first-order valence-corrected chi connectivity index (χ1v) is 8.77. The summed E-state index contributed by atoms with van der Waals surface area (Å²) in [5, 5.41) is 0.551. The van der Waals surface area contributed by atoms with Gasteiger partial charge in [0.25, 0.3) is 11.1 Å². The van der Waals surface area contributed by atoms with Gasteiger partial charge in [-0.15, -0.1) is 0 Å². The van der Waals surface area contributed by atoms with Gasteiger partial charge >= 0.3 is 0 Å². The molecule has 122 valence electrons. The molecule has 0 N–H and O–H groups in total. The van der Waals surface area contributed by atoms with E-state index in [0.29, 0.717) is 15.0 Å². The molecule has 24 heavy (non-hydrogen) atoms. The summed E-state index contributed by atoms with van der Waals surface area (Å²) >= 11 is 12.8. The minimum Gasteiger partial charge on any atom is -0.268 e. The van der Waals surface area contributed by atoms with Crippen molar-refractivity contribution in [2.75, 3.05) is 0 Å². The standard InChI is InChI=1S/C18H13Cl2NO2S/c1-11-2-4-12(5-3-11)9-16-17(22)21(18(23)24-16)10-13-6-7-14(19)15(20)8-13/h2-9H,10H2,1H3/b16-9-.